The first-order chi connectivity index (χ1) is 13.9. The molecule has 0 aliphatic heterocycles. The van der Waals surface area contributed by atoms with E-state index < -0.39 is 15.4 Å². The number of aromatic hydroxyl groups is 1. The van der Waals surface area contributed by atoms with E-state index in [9.17, 15) is 18.3 Å². The van der Waals surface area contributed by atoms with Gasteiger partial charge in [-0.3, -0.25) is 4.79 Å². The number of benzene rings is 2. The molecule has 0 saturated carbocycles. The number of nitrogens with one attached hydrogen (secondary N) is 1. The van der Waals surface area contributed by atoms with Gasteiger partial charge in [0.05, 0.1) is 19.3 Å². The molecule has 0 amide bonds. The van der Waals surface area contributed by atoms with Crippen LogP contribution in [-0.2, 0) is 15.6 Å². The molecule has 5 nitrogen and oxygen atoms in total. The van der Waals surface area contributed by atoms with Crippen LogP contribution in [0.2, 0.25) is 0 Å². The van der Waals surface area contributed by atoms with Crippen LogP contribution >= 0.6 is 23.1 Å². The highest BCUT2D eigenvalue weighted by Gasteiger charge is 2.28. The summed E-state index contributed by atoms with van der Waals surface area (Å²) < 4.78 is 27.7. The zero-order valence-corrected chi connectivity index (χ0v) is 17.8. The number of aryl methyl sites for hydroxylation is 1. The second-order valence-electron chi connectivity index (χ2n) is 6.53. The Morgan fingerprint density at radius 3 is 2.45 bits per heavy atom. The second-order valence-corrected chi connectivity index (χ2v) is 10.7. The summed E-state index contributed by atoms with van der Waals surface area (Å²) in [4.78, 5) is 14.7. The average Bonchev–Trinajstić information content (AvgIpc) is 3.07. The first kappa shape index (κ1) is 19.8. The molecule has 0 fully saturated rings. The fraction of sp³-hybridized carbons (Fsp3) is 0.0952. The Morgan fingerprint density at radius 2 is 1.76 bits per heavy atom. The van der Waals surface area contributed by atoms with Gasteiger partial charge >= 0.3 is 0 Å². The Bertz CT molecular complexity index is 1340. The van der Waals surface area contributed by atoms with Crippen LogP contribution in [0.25, 0.3) is 10.2 Å². The van der Waals surface area contributed by atoms with Crippen LogP contribution in [0.3, 0.4) is 0 Å². The lowest BCUT2D eigenvalue weighted by molar-refractivity contribution is 0.481. The van der Waals surface area contributed by atoms with Crippen LogP contribution in [-0.4, -0.2) is 18.5 Å². The van der Waals surface area contributed by atoms with Gasteiger partial charge in [-0.15, -0.1) is 23.1 Å². The lowest BCUT2D eigenvalue weighted by Gasteiger charge is -2.07. The van der Waals surface area contributed by atoms with Crippen LogP contribution < -0.4 is 5.56 Å². The maximum atomic E-state index is 13.4. The van der Waals surface area contributed by atoms with Crippen molar-refractivity contribution in [2.24, 2.45) is 0 Å². The van der Waals surface area contributed by atoms with Crippen molar-refractivity contribution in [3.8, 4) is 5.75 Å². The van der Waals surface area contributed by atoms with E-state index in [-0.39, 0.29) is 21.1 Å². The highest BCUT2D eigenvalue weighted by Crippen LogP contribution is 2.45. The molecule has 0 unspecified atom stereocenters. The number of aromatic nitrogens is 1. The molecule has 0 aliphatic rings. The van der Waals surface area contributed by atoms with Gasteiger partial charge in [0.15, 0.2) is 0 Å². The SMILES string of the molecule is Cc1ccc(CSc2sc3c(O)cc(=O)[nH]c3c2S(=O)(=O)c2ccccc2)cc1. The molecule has 29 heavy (non-hydrogen) atoms. The molecule has 148 valence electrons. The van der Waals surface area contributed by atoms with Crippen LogP contribution in [0.15, 0.2) is 79.5 Å². The van der Waals surface area contributed by atoms with Gasteiger partial charge in [-0.2, -0.15) is 0 Å². The zero-order valence-electron chi connectivity index (χ0n) is 15.4. The molecule has 0 saturated heterocycles. The molecule has 4 rings (SSSR count). The largest absolute Gasteiger partial charge is 0.506 e. The molecule has 0 bridgehead atoms. The number of fused-ring (bicyclic) bond motifs is 1. The second kappa shape index (κ2) is 7.70. The standard InChI is InChI=1S/C21H17NO4S3/c1-13-7-9-14(10-8-13)12-27-21-20(29(25,26)15-5-3-2-4-6-15)18-19(28-21)16(23)11-17(24)22-18/h2-11H,12H2,1H3,(H2,22,23,24). The summed E-state index contributed by atoms with van der Waals surface area (Å²) in [5.41, 5.74) is 1.80. The van der Waals surface area contributed by atoms with Crippen molar-refractivity contribution >= 4 is 43.2 Å². The number of sulfone groups is 1. The van der Waals surface area contributed by atoms with Gasteiger partial charge in [-0.05, 0) is 24.6 Å². The molecule has 0 aliphatic carbocycles. The van der Waals surface area contributed by atoms with Crippen LogP contribution in [0.5, 0.6) is 5.75 Å². The van der Waals surface area contributed by atoms with Crippen LogP contribution in [0.1, 0.15) is 11.1 Å². The third-order valence-electron chi connectivity index (χ3n) is 4.40. The minimum atomic E-state index is -3.89. The Labute approximate surface area is 176 Å². The van der Waals surface area contributed by atoms with Crippen LogP contribution in [0, 0.1) is 6.92 Å². The van der Waals surface area contributed by atoms with Gasteiger partial charge in [0.2, 0.25) is 9.84 Å². The molecule has 0 radical (unpaired) electrons. The van der Waals surface area contributed by atoms with Crippen molar-refractivity contribution in [1.29, 1.82) is 0 Å². The number of thiophene rings is 1. The zero-order chi connectivity index (χ0) is 20.6. The topological polar surface area (TPSA) is 87.2 Å². The number of hydrogen-bond donors (Lipinski definition) is 2. The number of H-pyrrole nitrogens is 1. The van der Waals surface area contributed by atoms with Crippen molar-refractivity contribution in [2.75, 3.05) is 0 Å². The lowest BCUT2D eigenvalue weighted by atomic mass is 10.2. The number of hydrogen-bond acceptors (Lipinski definition) is 6. The molecule has 8 heteroatoms. The highest BCUT2D eigenvalue weighted by atomic mass is 32.2. The molecule has 2 aromatic carbocycles. The van der Waals surface area contributed by atoms with E-state index in [0.717, 1.165) is 17.2 Å². The Kier molecular flexibility index (Phi) is 5.24. The minimum Gasteiger partial charge on any atom is -0.506 e. The van der Waals surface area contributed by atoms with Gasteiger partial charge < -0.3 is 10.1 Å². The van der Waals surface area contributed by atoms with Crippen molar-refractivity contribution in [3.63, 3.8) is 0 Å². The van der Waals surface area contributed by atoms with Crippen molar-refractivity contribution in [3.05, 3.63) is 82.1 Å². The molecule has 2 heterocycles. The Balaban J connectivity index is 1.87. The normalized spacial score (nSPS) is 11.8. The first-order valence-corrected chi connectivity index (χ1v) is 12.0. The van der Waals surface area contributed by atoms with Gasteiger partial charge in [-0.1, -0.05) is 48.0 Å². The quantitative estimate of drug-likeness (QED) is 0.436. The summed E-state index contributed by atoms with van der Waals surface area (Å²) in [5.74, 6) is 0.343. The molecule has 0 atom stereocenters. The first-order valence-electron chi connectivity index (χ1n) is 8.73. The van der Waals surface area contributed by atoms with Gasteiger partial charge in [0, 0.05) is 11.8 Å². The predicted octanol–water partition coefficient (Wildman–Crippen LogP) is 4.73. The number of aromatic amines is 1. The van der Waals surface area contributed by atoms with E-state index in [0.29, 0.717) is 14.7 Å². The van der Waals surface area contributed by atoms with Gasteiger partial charge in [-0.25, -0.2) is 8.42 Å². The number of rotatable bonds is 5. The third kappa shape index (κ3) is 3.83. The van der Waals surface area contributed by atoms with E-state index in [2.05, 4.69) is 4.98 Å². The van der Waals surface area contributed by atoms with E-state index in [4.69, 9.17) is 0 Å². The van der Waals surface area contributed by atoms with Gasteiger partial charge in [0.25, 0.3) is 5.56 Å². The van der Waals surface area contributed by atoms with E-state index >= 15 is 0 Å². The number of thioether (sulfide) groups is 1. The Hall–Kier alpha value is -2.55. The van der Waals surface area contributed by atoms with Crippen molar-refractivity contribution in [2.45, 2.75) is 26.7 Å². The van der Waals surface area contributed by atoms with E-state index in [1.165, 1.54) is 35.2 Å². The summed E-state index contributed by atoms with van der Waals surface area (Å²) >= 11 is 2.54. The summed E-state index contributed by atoms with van der Waals surface area (Å²) in [6.07, 6.45) is 0. The monoisotopic (exact) mass is 443 g/mol. The van der Waals surface area contributed by atoms with E-state index in [1.54, 1.807) is 18.2 Å². The average molecular weight is 444 g/mol. The molecular formula is C21H17NO4S3. The smallest absolute Gasteiger partial charge is 0.252 e. The maximum Gasteiger partial charge on any atom is 0.252 e. The predicted molar refractivity (Wildman–Crippen MR) is 117 cm³/mol. The fourth-order valence-corrected chi connectivity index (χ4v) is 7.53. The molecule has 2 N–H and O–H groups in total. The van der Waals surface area contributed by atoms with Crippen LogP contribution in [0.4, 0.5) is 0 Å². The minimum absolute atomic E-state index is 0.0359. The van der Waals surface area contributed by atoms with Crippen molar-refractivity contribution in [1.82, 2.24) is 4.98 Å². The summed E-state index contributed by atoms with van der Waals surface area (Å²) in [5, 5.41) is 10.2. The number of pyridine rings is 1. The summed E-state index contributed by atoms with van der Waals surface area (Å²) in [6, 6.07) is 17.2. The van der Waals surface area contributed by atoms with Gasteiger partial charge in [0.1, 0.15) is 10.6 Å². The molecular weight excluding hydrogens is 426 g/mol. The van der Waals surface area contributed by atoms with E-state index in [1.807, 2.05) is 31.2 Å². The fourth-order valence-electron chi connectivity index (χ4n) is 2.93. The molecule has 4 aromatic rings. The lowest BCUT2D eigenvalue weighted by Crippen LogP contribution is -2.07. The summed E-state index contributed by atoms with van der Waals surface area (Å²) in [6.45, 7) is 2.01. The van der Waals surface area contributed by atoms with Crippen molar-refractivity contribution < 1.29 is 13.5 Å². The maximum absolute atomic E-state index is 13.4. The Morgan fingerprint density at radius 1 is 1.07 bits per heavy atom. The molecule has 2 aromatic heterocycles. The third-order valence-corrected chi connectivity index (χ3v) is 9.05. The summed E-state index contributed by atoms with van der Waals surface area (Å²) in [7, 11) is -3.89. The highest BCUT2D eigenvalue weighted by molar-refractivity contribution is 8.01. The molecule has 0 spiro atoms.